The number of hydrogen-bond donors (Lipinski definition) is 1. The summed E-state index contributed by atoms with van der Waals surface area (Å²) in [7, 11) is 0. The number of nitrogens with one attached hydrogen (secondary N) is 1. The Bertz CT molecular complexity index is 753. The highest BCUT2D eigenvalue weighted by Crippen LogP contribution is 2.27. The van der Waals surface area contributed by atoms with Crippen molar-refractivity contribution in [1.82, 2.24) is 20.0 Å². The van der Waals surface area contributed by atoms with Crippen LogP contribution in [0.25, 0.3) is 0 Å². The van der Waals surface area contributed by atoms with E-state index in [1.807, 2.05) is 10.9 Å². The summed E-state index contributed by atoms with van der Waals surface area (Å²) in [4.78, 5) is 15.3. The Kier molecular flexibility index (Phi) is 5.58. The number of carbonyl (C=O) groups excluding carboxylic acids is 1. The molecule has 0 radical (unpaired) electrons. The van der Waals surface area contributed by atoms with E-state index in [0.717, 1.165) is 38.9 Å². The molecule has 2 aliphatic rings. The van der Waals surface area contributed by atoms with Gasteiger partial charge in [0.05, 0.1) is 0 Å². The summed E-state index contributed by atoms with van der Waals surface area (Å²) in [6.45, 7) is 5.40. The van der Waals surface area contributed by atoms with Crippen LogP contribution < -0.4 is 5.32 Å². The van der Waals surface area contributed by atoms with Crippen LogP contribution in [0.2, 0.25) is 0 Å². The van der Waals surface area contributed by atoms with E-state index in [0.29, 0.717) is 12.5 Å². The van der Waals surface area contributed by atoms with Crippen molar-refractivity contribution in [3.05, 3.63) is 53.3 Å². The maximum atomic E-state index is 13.2. The van der Waals surface area contributed by atoms with Gasteiger partial charge in [0, 0.05) is 36.9 Å². The van der Waals surface area contributed by atoms with Gasteiger partial charge in [0.2, 0.25) is 5.91 Å². The standard InChI is InChI=1S/C22H30N4O/c1-2-12-25(20-13-17-6-3-4-7-18(17)14-20)22(27)16-26-21(9-11-24-26)19-8-5-10-23-15-19/h3-4,6-7,9,11,19-20,23H,2,5,8,10,12-16H2,1H3. The molecule has 2 heterocycles. The number of aromatic nitrogens is 2. The Hall–Kier alpha value is -2.14. The third-order valence-corrected chi connectivity index (χ3v) is 6.00. The molecule has 0 spiro atoms. The summed E-state index contributed by atoms with van der Waals surface area (Å²) in [5, 5.41) is 7.95. The number of nitrogens with zero attached hydrogens (tertiary/aromatic N) is 3. The monoisotopic (exact) mass is 366 g/mol. The molecule has 0 bridgehead atoms. The van der Waals surface area contributed by atoms with Gasteiger partial charge in [-0.25, -0.2) is 0 Å². The van der Waals surface area contributed by atoms with Crippen LogP contribution in [0, 0.1) is 0 Å². The molecular weight excluding hydrogens is 336 g/mol. The lowest BCUT2D eigenvalue weighted by molar-refractivity contribution is -0.134. The minimum absolute atomic E-state index is 0.198. The zero-order chi connectivity index (χ0) is 18.6. The number of rotatable bonds is 6. The molecule has 1 N–H and O–H groups in total. The highest BCUT2D eigenvalue weighted by atomic mass is 16.2. The first kappa shape index (κ1) is 18.2. The Balaban J connectivity index is 1.47. The predicted molar refractivity (Wildman–Crippen MR) is 107 cm³/mol. The fourth-order valence-corrected chi connectivity index (χ4v) is 4.65. The molecule has 2 aromatic rings. The topological polar surface area (TPSA) is 50.2 Å². The first-order valence-corrected chi connectivity index (χ1v) is 10.3. The van der Waals surface area contributed by atoms with Crippen molar-refractivity contribution in [2.24, 2.45) is 0 Å². The number of fused-ring (bicyclic) bond motifs is 1. The zero-order valence-electron chi connectivity index (χ0n) is 16.2. The second-order valence-electron chi connectivity index (χ2n) is 7.87. The highest BCUT2D eigenvalue weighted by Gasteiger charge is 2.30. The van der Waals surface area contributed by atoms with Crippen molar-refractivity contribution >= 4 is 5.91 Å². The van der Waals surface area contributed by atoms with Crippen LogP contribution in [0.4, 0.5) is 0 Å². The fraction of sp³-hybridized carbons (Fsp3) is 0.545. The number of amides is 1. The summed E-state index contributed by atoms with van der Waals surface area (Å²) in [6, 6.07) is 11.0. The summed E-state index contributed by atoms with van der Waals surface area (Å²) in [5.74, 6) is 0.660. The minimum Gasteiger partial charge on any atom is -0.337 e. The Morgan fingerprint density at radius 2 is 2.04 bits per heavy atom. The lowest BCUT2D eigenvalue weighted by Gasteiger charge is -2.30. The van der Waals surface area contributed by atoms with E-state index >= 15 is 0 Å². The second-order valence-corrected chi connectivity index (χ2v) is 7.87. The van der Waals surface area contributed by atoms with Gasteiger partial charge in [-0.05, 0) is 55.8 Å². The van der Waals surface area contributed by atoms with Crippen LogP contribution in [0.5, 0.6) is 0 Å². The Morgan fingerprint density at radius 3 is 2.70 bits per heavy atom. The molecule has 1 fully saturated rings. The third kappa shape index (κ3) is 3.93. The van der Waals surface area contributed by atoms with Crippen LogP contribution in [-0.4, -0.2) is 46.3 Å². The SMILES string of the molecule is CCCN(C(=O)Cn1nccc1C1CCCNC1)C1Cc2ccccc2C1. The highest BCUT2D eigenvalue weighted by molar-refractivity contribution is 5.76. The molecule has 1 aliphatic carbocycles. The third-order valence-electron chi connectivity index (χ3n) is 6.00. The average Bonchev–Trinajstić information content (AvgIpc) is 3.33. The Labute approximate surface area is 161 Å². The van der Waals surface area contributed by atoms with Gasteiger partial charge in [0.15, 0.2) is 0 Å². The van der Waals surface area contributed by atoms with Crippen molar-refractivity contribution in [2.75, 3.05) is 19.6 Å². The van der Waals surface area contributed by atoms with Crippen LogP contribution in [0.1, 0.15) is 48.9 Å². The van der Waals surface area contributed by atoms with Crippen LogP contribution in [0.15, 0.2) is 36.5 Å². The first-order valence-electron chi connectivity index (χ1n) is 10.3. The summed E-state index contributed by atoms with van der Waals surface area (Å²) in [5.41, 5.74) is 3.98. The van der Waals surface area contributed by atoms with Gasteiger partial charge >= 0.3 is 0 Å². The summed E-state index contributed by atoms with van der Waals surface area (Å²) < 4.78 is 1.94. The minimum atomic E-state index is 0.198. The average molecular weight is 367 g/mol. The van der Waals surface area contributed by atoms with Gasteiger partial charge in [-0.2, -0.15) is 5.10 Å². The van der Waals surface area contributed by atoms with Crippen LogP contribution in [-0.2, 0) is 24.2 Å². The van der Waals surface area contributed by atoms with Crippen LogP contribution in [0.3, 0.4) is 0 Å². The van der Waals surface area contributed by atoms with E-state index in [2.05, 4.69) is 52.6 Å². The zero-order valence-corrected chi connectivity index (χ0v) is 16.2. The molecule has 1 unspecified atom stereocenters. The summed E-state index contributed by atoms with van der Waals surface area (Å²) in [6.07, 6.45) is 7.13. The maximum absolute atomic E-state index is 13.2. The molecule has 1 saturated heterocycles. The molecule has 1 atom stereocenters. The molecule has 27 heavy (non-hydrogen) atoms. The quantitative estimate of drug-likeness (QED) is 0.855. The molecule has 1 aliphatic heterocycles. The van der Waals surface area contributed by atoms with Gasteiger partial charge in [-0.15, -0.1) is 0 Å². The normalized spacial score (nSPS) is 19.8. The van der Waals surface area contributed by atoms with Gasteiger partial charge in [0.25, 0.3) is 0 Å². The fourth-order valence-electron chi connectivity index (χ4n) is 4.65. The molecule has 1 aromatic heterocycles. The number of hydrogen-bond acceptors (Lipinski definition) is 3. The first-order chi connectivity index (χ1) is 13.3. The molecule has 5 nitrogen and oxygen atoms in total. The van der Waals surface area contributed by atoms with Crippen molar-refractivity contribution in [1.29, 1.82) is 0 Å². The molecule has 144 valence electrons. The van der Waals surface area contributed by atoms with Crippen molar-refractivity contribution in [3.8, 4) is 0 Å². The maximum Gasteiger partial charge on any atom is 0.244 e. The molecular formula is C22H30N4O. The number of benzene rings is 1. The van der Waals surface area contributed by atoms with E-state index in [4.69, 9.17) is 0 Å². The van der Waals surface area contributed by atoms with E-state index < -0.39 is 0 Å². The summed E-state index contributed by atoms with van der Waals surface area (Å²) >= 11 is 0. The smallest absolute Gasteiger partial charge is 0.244 e. The van der Waals surface area contributed by atoms with Crippen molar-refractivity contribution in [3.63, 3.8) is 0 Å². The Morgan fingerprint density at radius 1 is 1.26 bits per heavy atom. The van der Waals surface area contributed by atoms with Gasteiger partial charge in [-0.1, -0.05) is 31.2 Å². The number of carbonyl (C=O) groups is 1. The molecule has 5 heteroatoms. The van der Waals surface area contributed by atoms with Gasteiger partial charge in [0.1, 0.15) is 6.54 Å². The largest absolute Gasteiger partial charge is 0.337 e. The van der Waals surface area contributed by atoms with E-state index in [9.17, 15) is 4.79 Å². The molecule has 0 saturated carbocycles. The van der Waals surface area contributed by atoms with E-state index in [1.165, 1.54) is 29.7 Å². The molecule has 4 rings (SSSR count). The number of piperidine rings is 1. The molecule has 1 aromatic carbocycles. The van der Waals surface area contributed by atoms with Crippen LogP contribution >= 0.6 is 0 Å². The van der Waals surface area contributed by atoms with E-state index in [1.54, 1.807) is 0 Å². The lowest BCUT2D eigenvalue weighted by atomic mass is 9.96. The lowest BCUT2D eigenvalue weighted by Crippen LogP contribution is -2.43. The van der Waals surface area contributed by atoms with Crippen molar-refractivity contribution in [2.45, 2.75) is 57.5 Å². The van der Waals surface area contributed by atoms with Crippen molar-refractivity contribution < 1.29 is 4.79 Å². The predicted octanol–water partition coefficient (Wildman–Crippen LogP) is 2.76. The second kappa shape index (κ2) is 8.26. The van der Waals surface area contributed by atoms with E-state index in [-0.39, 0.29) is 11.9 Å². The molecule has 1 amide bonds. The van der Waals surface area contributed by atoms with Gasteiger partial charge in [-0.3, -0.25) is 9.48 Å². The van der Waals surface area contributed by atoms with Gasteiger partial charge < -0.3 is 10.2 Å².